The van der Waals surface area contributed by atoms with Crippen LogP contribution in [-0.2, 0) is 20.1 Å². The summed E-state index contributed by atoms with van der Waals surface area (Å²) in [4.78, 5) is 44.9. The van der Waals surface area contributed by atoms with Gasteiger partial charge in [-0.15, -0.1) is 0 Å². The van der Waals surface area contributed by atoms with Gasteiger partial charge in [-0.1, -0.05) is 55.4 Å². The van der Waals surface area contributed by atoms with E-state index in [1.807, 2.05) is 43.3 Å². The van der Waals surface area contributed by atoms with Gasteiger partial charge in [0.05, 0.1) is 18.1 Å². The summed E-state index contributed by atoms with van der Waals surface area (Å²) in [6, 6.07) is 13.1. The third-order valence-electron chi connectivity index (χ3n) is 11.4. The van der Waals surface area contributed by atoms with Crippen LogP contribution < -0.4 is 0 Å². The number of allylic oxidation sites excluding steroid dienone is 1. The summed E-state index contributed by atoms with van der Waals surface area (Å²) in [5.41, 5.74) is -0.475. The number of ether oxygens (including phenoxy) is 1. The summed E-state index contributed by atoms with van der Waals surface area (Å²) in [7, 11) is 0. The van der Waals surface area contributed by atoms with E-state index in [0.717, 1.165) is 59.5 Å². The summed E-state index contributed by atoms with van der Waals surface area (Å²) in [5.74, 6) is 0.156. The molecule has 1 N–H and O–H groups in total. The fourth-order valence-electron chi connectivity index (χ4n) is 9.37. The first-order chi connectivity index (χ1) is 20.7. The van der Waals surface area contributed by atoms with Crippen molar-refractivity contribution in [3.8, 4) is 0 Å². The van der Waals surface area contributed by atoms with Gasteiger partial charge >= 0.3 is 5.97 Å². The summed E-state index contributed by atoms with van der Waals surface area (Å²) < 4.78 is 11.7. The molecule has 1 aromatic carbocycles. The molecule has 7 rings (SSSR count). The molecule has 224 valence electrons. The van der Waals surface area contributed by atoms with Crippen molar-refractivity contribution in [2.24, 2.45) is 28.6 Å². The highest BCUT2D eigenvalue weighted by Gasteiger charge is 2.70. The number of benzene rings is 1. The lowest BCUT2D eigenvalue weighted by Crippen LogP contribution is -2.62. The Hall–Kier alpha value is -3.23. The zero-order valence-corrected chi connectivity index (χ0v) is 25.4. The highest BCUT2D eigenvalue weighted by atomic mass is 32.2. The van der Waals surface area contributed by atoms with Crippen LogP contribution in [-0.4, -0.2) is 38.7 Å². The molecule has 4 aliphatic carbocycles. The number of furan rings is 1. The quantitative estimate of drug-likeness (QED) is 0.324. The highest BCUT2D eigenvalue weighted by Crippen LogP contribution is 2.69. The Labute approximate surface area is 255 Å². The molecule has 7 atom stereocenters. The standard InChI is InChI=1S/C35H37NO6S/c1-33-14-11-23(37)18-22(33)9-10-25-26-12-15-35(34(26,2)19-28(38)30(25)33,42-31(39)29-8-5-17-41-29)32(40)43-20-27-24-7-4-3-6-21(24)13-16-36-27/h3-8,13,16-18,25-26,28,30,38H,9-12,14-15,19-20H2,1-2H3/t25?,26?,28?,30?,33?,34?,35-/m0/s1. The molecule has 43 heavy (non-hydrogen) atoms. The van der Waals surface area contributed by atoms with Crippen LogP contribution in [0.4, 0.5) is 0 Å². The van der Waals surface area contributed by atoms with Crippen LogP contribution in [0.3, 0.4) is 0 Å². The minimum absolute atomic E-state index is 0.00196. The third-order valence-corrected chi connectivity index (χ3v) is 12.4. The second-order valence-corrected chi connectivity index (χ2v) is 14.3. The number of carbonyl (C=O) groups is 3. The molecule has 6 unspecified atom stereocenters. The predicted molar refractivity (Wildman–Crippen MR) is 163 cm³/mol. The van der Waals surface area contributed by atoms with Gasteiger partial charge in [-0.2, -0.15) is 0 Å². The summed E-state index contributed by atoms with van der Waals surface area (Å²) >= 11 is 1.14. The number of nitrogens with zero attached hydrogens (tertiary/aromatic N) is 1. The molecule has 7 nitrogen and oxygen atoms in total. The van der Waals surface area contributed by atoms with E-state index in [9.17, 15) is 19.5 Å². The van der Waals surface area contributed by atoms with Crippen molar-refractivity contribution in [1.29, 1.82) is 0 Å². The number of fused-ring (bicyclic) bond motifs is 6. The van der Waals surface area contributed by atoms with Crippen LogP contribution in [0.15, 0.2) is 71.0 Å². The van der Waals surface area contributed by atoms with Crippen molar-refractivity contribution in [2.45, 2.75) is 76.3 Å². The maximum Gasteiger partial charge on any atom is 0.375 e. The smallest absolute Gasteiger partial charge is 0.375 e. The van der Waals surface area contributed by atoms with E-state index >= 15 is 0 Å². The zero-order chi connectivity index (χ0) is 30.0. The second-order valence-electron chi connectivity index (χ2n) is 13.4. The van der Waals surface area contributed by atoms with E-state index in [0.29, 0.717) is 25.0 Å². The molecule has 0 saturated heterocycles. The molecule has 3 fully saturated rings. The van der Waals surface area contributed by atoms with Crippen LogP contribution in [0.2, 0.25) is 0 Å². The van der Waals surface area contributed by atoms with Crippen molar-refractivity contribution < 1.29 is 28.6 Å². The first-order valence-corrected chi connectivity index (χ1v) is 16.3. The fourth-order valence-corrected chi connectivity index (χ4v) is 10.5. The number of carbonyl (C=O) groups excluding carboxylic acids is 3. The molecule has 4 aliphatic rings. The van der Waals surface area contributed by atoms with Gasteiger partial charge in [-0.25, -0.2) is 4.79 Å². The Kier molecular flexibility index (Phi) is 6.93. The lowest BCUT2D eigenvalue weighted by Gasteiger charge is -2.60. The van der Waals surface area contributed by atoms with Crippen molar-refractivity contribution in [3.05, 3.63) is 78.0 Å². The van der Waals surface area contributed by atoms with Gasteiger partial charge in [-0.3, -0.25) is 14.6 Å². The van der Waals surface area contributed by atoms with Gasteiger partial charge < -0.3 is 14.3 Å². The second kappa shape index (κ2) is 10.4. The first-order valence-electron chi connectivity index (χ1n) is 15.3. The molecule has 0 amide bonds. The van der Waals surface area contributed by atoms with E-state index in [-0.39, 0.29) is 39.8 Å². The summed E-state index contributed by atoms with van der Waals surface area (Å²) in [6.07, 6.45) is 8.68. The topological polar surface area (TPSA) is 107 Å². The Bertz CT molecular complexity index is 1630. The monoisotopic (exact) mass is 599 g/mol. The number of rotatable bonds is 5. The average Bonchev–Trinajstić information content (AvgIpc) is 3.63. The van der Waals surface area contributed by atoms with Crippen molar-refractivity contribution in [3.63, 3.8) is 0 Å². The van der Waals surface area contributed by atoms with E-state index < -0.39 is 23.1 Å². The largest absolute Gasteiger partial charge is 0.457 e. The Morgan fingerprint density at radius 3 is 2.74 bits per heavy atom. The highest BCUT2D eigenvalue weighted by molar-refractivity contribution is 8.13. The molecule has 0 bridgehead atoms. The molecule has 2 aromatic heterocycles. The van der Waals surface area contributed by atoms with Crippen LogP contribution in [0.5, 0.6) is 0 Å². The van der Waals surface area contributed by atoms with Gasteiger partial charge in [-0.05, 0) is 91.4 Å². The lowest BCUT2D eigenvalue weighted by molar-refractivity contribution is -0.176. The van der Waals surface area contributed by atoms with Gasteiger partial charge in [0.15, 0.2) is 11.4 Å². The molecule has 0 radical (unpaired) electrons. The van der Waals surface area contributed by atoms with Gasteiger partial charge in [0.1, 0.15) is 0 Å². The number of aliphatic hydroxyl groups is 1. The molecular formula is C35H37NO6S. The number of thioether (sulfide) groups is 1. The molecule has 0 aliphatic heterocycles. The minimum atomic E-state index is -1.43. The maximum atomic E-state index is 14.5. The van der Waals surface area contributed by atoms with Crippen molar-refractivity contribution in [2.75, 3.05) is 0 Å². The number of esters is 1. The number of ketones is 1. The average molecular weight is 600 g/mol. The van der Waals surface area contributed by atoms with Crippen LogP contribution in [0.1, 0.15) is 75.0 Å². The number of aromatic nitrogens is 1. The molecular weight excluding hydrogens is 562 g/mol. The van der Waals surface area contributed by atoms with Crippen LogP contribution >= 0.6 is 11.8 Å². The van der Waals surface area contributed by atoms with E-state index in [1.54, 1.807) is 18.3 Å². The SMILES string of the molecule is CC12CCC(=O)C=C1CCC1C2C(O)CC2(C)C1CC[C@]2(OC(=O)c1ccco1)C(=O)SCc1nccc2ccccc12. The molecule has 2 heterocycles. The minimum Gasteiger partial charge on any atom is -0.457 e. The van der Waals surface area contributed by atoms with Gasteiger partial charge in [0, 0.05) is 29.2 Å². The fraction of sp³-hybridized carbons (Fsp3) is 0.486. The number of pyridine rings is 1. The number of hydrogen-bond acceptors (Lipinski definition) is 8. The van der Waals surface area contributed by atoms with Crippen molar-refractivity contribution >= 4 is 39.4 Å². The molecule has 8 heteroatoms. The Balaban J connectivity index is 1.24. The third kappa shape index (κ3) is 4.35. The predicted octanol–water partition coefficient (Wildman–Crippen LogP) is 6.69. The van der Waals surface area contributed by atoms with E-state index in [2.05, 4.69) is 11.9 Å². The van der Waals surface area contributed by atoms with Crippen molar-refractivity contribution in [1.82, 2.24) is 4.98 Å². The van der Waals surface area contributed by atoms with Crippen LogP contribution in [0, 0.1) is 28.6 Å². The summed E-state index contributed by atoms with van der Waals surface area (Å²) in [6.45, 7) is 4.26. The molecule has 3 saturated carbocycles. The van der Waals surface area contributed by atoms with E-state index in [1.165, 1.54) is 6.26 Å². The summed E-state index contributed by atoms with van der Waals surface area (Å²) in [5, 5.41) is 13.8. The zero-order valence-electron chi connectivity index (χ0n) is 24.6. The molecule has 0 spiro atoms. The normalized spacial score (nSPS) is 35.0. The Morgan fingerprint density at radius 2 is 1.93 bits per heavy atom. The van der Waals surface area contributed by atoms with Crippen LogP contribution in [0.25, 0.3) is 10.8 Å². The molecule has 3 aromatic rings. The first kappa shape index (κ1) is 28.5. The van der Waals surface area contributed by atoms with Gasteiger partial charge in [0.2, 0.25) is 10.9 Å². The number of hydrogen-bond donors (Lipinski definition) is 1. The van der Waals surface area contributed by atoms with Gasteiger partial charge in [0.25, 0.3) is 0 Å². The Morgan fingerprint density at radius 1 is 1.09 bits per heavy atom. The van der Waals surface area contributed by atoms with E-state index in [4.69, 9.17) is 9.15 Å². The maximum absolute atomic E-state index is 14.5. The number of aliphatic hydroxyl groups excluding tert-OH is 1. The lowest BCUT2D eigenvalue weighted by atomic mass is 9.45.